The summed E-state index contributed by atoms with van der Waals surface area (Å²) in [5.74, 6) is 0.208. The van der Waals surface area contributed by atoms with E-state index in [1.165, 1.54) is 24.1 Å². The molecule has 1 aliphatic heterocycles. The number of sulfonamides is 1. The minimum absolute atomic E-state index is 0.0100. The molecule has 0 bridgehead atoms. The molecular weight excluding hydrogens is 422 g/mol. The number of benzene rings is 1. The third kappa shape index (κ3) is 4.87. The molecular formula is C17H22BrN3O4S. The molecule has 2 rings (SSSR count). The molecule has 0 aliphatic carbocycles. The van der Waals surface area contributed by atoms with E-state index < -0.39 is 16.2 Å². The smallest absolute Gasteiger partial charge is 0.242 e. The first-order valence-electron chi connectivity index (χ1n) is 7.82. The Labute approximate surface area is 162 Å². The summed E-state index contributed by atoms with van der Waals surface area (Å²) in [5, 5.41) is 0. The molecule has 26 heavy (non-hydrogen) atoms. The Bertz CT molecular complexity index is 832. The van der Waals surface area contributed by atoms with Crippen LogP contribution in [0.25, 0.3) is 0 Å². The molecule has 0 aromatic heterocycles. The number of nitrogens with zero attached hydrogens (tertiary/aromatic N) is 2. The van der Waals surface area contributed by atoms with Crippen molar-refractivity contribution in [2.24, 2.45) is 0 Å². The Kier molecular flexibility index (Phi) is 6.48. The molecule has 1 aromatic carbocycles. The summed E-state index contributed by atoms with van der Waals surface area (Å²) >= 11 is 3.36. The summed E-state index contributed by atoms with van der Waals surface area (Å²) in [6.45, 7) is 1.87. The fourth-order valence-electron chi connectivity index (χ4n) is 2.31. The first-order valence-corrected chi connectivity index (χ1v) is 10.1. The van der Waals surface area contributed by atoms with Gasteiger partial charge in [0.15, 0.2) is 6.17 Å². The molecule has 0 spiro atoms. The summed E-state index contributed by atoms with van der Waals surface area (Å²) in [6.07, 6.45) is 2.49. The van der Waals surface area contributed by atoms with Gasteiger partial charge < -0.3 is 14.5 Å². The van der Waals surface area contributed by atoms with Crippen molar-refractivity contribution in [1.29, 1.82) is 0 Å². The van der Waals surface area contributed by atoms with Gasteiger partial charge in [-0.25, -0.2) is 8.42 Å². The number of nitrogens with one attached hydrogen (secondary N) is 1. The Morgan fingerprint density at radius 1 is 1.31 bits per heavy atom. The molecule has 7 nitrogen and oxygen atoms in total. The maximum absolute atomic E-state index is 12.8. The number of carbonyl (C=O) groups excluding carboxylic acids is 1. The number of amides is 1. The second-order valence-corrected chi connectivity index (χ2v) is 8.69. The van der Waals surface area contributed by atoms with E-state index in [4.69, 9.17) is 4.74 Å². The summed E-state index contributed by atoms with van der Waals surface area (Å²) in [6, 6.07) is 6.54. The van der Waals surface area contributed by atoms with Gasteiger partial charge in [-0.3, -0.25) is 4.79 Å². The minimum Gasteiger partial charge on any atom is -0.497 e. The summed E-state index contributed by atoms with van der Waals surface area (Å²) in [7, 11) is 0.932. The minimum atomic E-state index is -3.81. The van der Waals surface area contributed by atoms with Crippen molar-refractivity contribution in [3.63, 3.8) is 0 Å². The van der Waals surface area contributed by atoms with Crippen LogP contribution in [0.1, 0.15) is 5.56 Å². The quantitative estimate of drug-likeness (QED) is 0.724. The number of carbonyl (C=O) groups is 1. The molecule has 1 N–H and O–H groups in total. The number of aryl methyl sites for hydroxylation is 1. The van der Waals surface area contributed by atoms with E-state index in [0.29, 0.717) is 10.2 Å². The monoisotopic (exact) mass is 443 g/mol. The molecule has 0 fully saturated rings. The predicted octanol–water partition coefficient (Wildman–Crippen LogP) is 1.77. The van der Waals surface area contributed by atoms with E-state index in [9.17, 15) is 13.2 Å². The van der Waals surface area contributed by atoms with E-state index in [0.717, 1.165) is 5.56 Å². The lowest BCUT2D eigenvalue weighted by molar-refractivity contribution is -0.129. The van der Waals surface area contributed by atoms with Crippen LogP contribution in [0, 0.1) is 6.92 Å². The van der Waals surface area contributed by atoms with Gasteiger partial charge in [0, 0.05) is 24.8 Å². The van der Waals surface area contributed by atoms with Gasteiger partial charge >= 0.3 is 0 Å². The van der Waals surface area contributed by atoms with Gasteiger partial charge in [-0.2, -0.15) is 4.72 Å². The molecule has 142 valence electrons. The van der Waals surface area contributed by atoms with Crippen molar-refractivity contribution in [3.8, 4) is 0 Å². The Morgan fingerprint density at radius 2 is 1.92 bits per heavy atom. The number of halogens is 1. The summed E-state index contributed by atoms with van der Waals surface area (Å²) in [4.78, 5) is 15.3. The van der Waals surface area contributed by atoms with Crippen LogP contribution in [0.15, 0.2) is 51.7 Å². The van der Waals surface area contributed by atoms with Gasteiger partial charge in [0.25, 0.3) is 0 Å². The highest BCUT2D eigenvalue weighted by atomic mass is 79.9. The number of allylic oxidation sites excluding steroid dienone is 2. The van der Waals surface area contributed by atoms with E-state index in [-0.39, 0.29) is 17.3 Å². The lowest BCUT2D eigenvalue weighted by atomic mass is 10.2. The van der Waals surface area contributed by atoms with Crippen LogP contribution < -0.4 is 4.72 Å². The standard InChI is InChI=1S/C17H22BrN3O4S/c1-12-5-7-14(8-6-12)26(23,24)19-17-15(25-4)9-13(18)10-21(17)11-16(22)20(2)3/h5-10,17,19H,11H2,1-4H3. The number of rotatable bonds is 6. The van der Waals surface area contributed by atoms with Crippen LogP contribution in [0.4, 0.5) is 0 Å². The first-order chi connectivity index (χ1) is 12.1. The molecule has 1 aromatic rings. The van der Waals surface area contributed by atoms with Crippen molar-refractivity contribution in [1.82, 2.24) is 14.5 Å². The number of likely N-dealkylation sites (N-methyl/N-ethyl adjacent to an activating group) is 1. The van der Waals surface area contributed by atoms with Crippen LogP contribution in [0.2, 0.25) is 0 Å². The normalized spacial score (nSPS) is 17.4. The Balaban J connectivity index is 2.33. The summed E-state index contributed by atoms with van der Waals surface area (Å²) in [5.41, 5.74) is 0.962. The van der Waals surface area contributed by atoms with Crippen molar-refractivity contribution >= 4 is 31.9 Å². The number of hydrogen-bond donors (Lipinski definition) is 1. The van der Waals surface area contributed by atoms with Gasteiger partial charge in [0.05, 0.1) is 18.6 Å². The van der Waals surface area contributed by atoms with E-state index in [1.54, 1.807) is 43.4 Å². The fourth-order valence-corrected chi connectivity index (χ4v) is 3.98. The highest BCUT2D eigenvalue weighted by Gasteiger charge is 2.31. The Hall–Kier alpha value is -1.84. The fraction of sp³-hybridized carbons (Fsp3) is 0.353. The predicted molar refractivity (Wildman–Crippen MR) is 103 cm³/mol. The zero-order valence-electron chi connectivity index (χ0n) is 15.1. The van der Waals surface area contributed by atoms with Gasteiger partial charge in [-0.15, -0.1) is 0 Å². The number of methoxy groups -OCH3 is 1. The maximum Gasteiger partial charge on any atom is 0.242 e. The van der Waals surface area contributed by atoms with Crippen LogP contribution in [0.5, 0.6) is 0 Å². The SMILES string of the molecule is COC1=CC(Br)=CN(CC(=O)N(C)C)C1NS(=O)(=O)c1ccc(C)cc1. The van der Waals surface area contributed by atoms with E-state index in [2.05, 4.69) is 20.7 Å². The zero-order valence-corrected chi connectivity index (χ0v) is 17.5. The van der Waals surface area contributed by atoms with Gasteiger partial charge in [0.2, 0.25) is 15.9 Å². The molecule has 1 atom stereocenters. The molecule has 0 saturated carbocycles. The average molecular weight is 444 g/mol. The first kappa shape index (κ1) is 20.5. The largest absolute Gasteiger partial charge is 0.497 e. The lowest BCUT2D eigenvalue weighted by Crippen LogP contribution is -2.51. The van der Waals surface area contributed by atoms with Crippen LogP contribution >= 0.6 is 15.9 Å². The van der Waals surface area contributed by atoms with Crippen LogP contribution in [-0.4, -0.2) is 58.0 Å². The summed E-state index contributed by atoms with van der Waals surface area (Å²) < 4.78 is 34.2. The van der Waals surface area contributed by atoms with E-state index in [1.807, 2.05) is 6.92 Å². The van der Waals surface area contributed by atoms with Crippen molar-refractivity contribution in [2.75, 3.05) is 27.7 Å². The molecule has 1 heterocycles. The van der Waals surface area contributed by atoms with Crippen LogP contribution in [0.3, 0.4) is 0 Å². The highest BCUT2D eigenvalue weighted by molar-refractivity contribution is 9.11. The highest BCUT2D eigenvalue weighted by Crippen LogP contribution is 2.24. The topological polar surface area (TPSA) is 79.0 Å². The molecule has 0 radical (unpaired) electrons. The third-order valence-electron chi connectivity index (χ3n) is 3.82. The van der Waals surface area contributed by atoms with Crippen molar-refractivity contribution in [3.05, 3.63) is 52.3 Å². The third-order valence-corrected chi connectivity index (χ3v) is 5.68. The molecule has 1 amide bonds. The van der Waals surface area contributed by atoms with Gasteiger partial charge in [0.1, 0.15) is 5.76 Å². The molecule has 0 saturated heterocycles. The van der Waals surface area contributed by atoms with Crippen molar-refractivity contribution in [2.45, 2.75) is 18.0 Å². The van der Waals surface area contributed by atoms with Crippen LogP contribution in [-0.2, 0) is 19.6 Å². The van der Waals surface area contributed by atoms with E-state index >= 15 is 0 Å². The molecule has 1 aliphatic rings. The second kappa shape index (κ2) is 8.24. The van der Waals surface area contributed by atoms with Gasteiger partial charge in [-0.05, 0) is 41.1 Å². The number of hydrogen-bond acceptors (Lipinski definition) is 5. The number of ether oxygens (including phenoxy) is 1. The van der Waals surface area contributed by atoms with Gasteiger partial charge in [-0.1, -0.05) is 17.7 Å². The second-order valence-electron chi connectivity index (χ2n) is 6.06. The average Bonchev–Trinajstić information content (AvgIpc) is 2.57. The molecule has 1 unspecified atom stereocenters. The van der Waals surface area contributed by atoms with Crippen molar-refractivity contribution < 1.29 is 17.9 Å². The molecule has 9 heteroatoms. The lowest BCUT2D eigenvalue weighted by Gasteiger charge is -2.34. The zero-order chi connectivity index (χ0) is 19.5. The maximum atomic E-state index is 12.8. The Morgan fingerprint density at radius 3 is 2.46 bits per heavy atom.